The minimum absolute atomic E-state index is 0.0798. The van der Waals surface area contributed by atoms with Crippen LogP contribution in [-0.4, -0.2) is 16.5 Å². The first-order valence-electron chi connectivity index (χ1n) is 6.09. The number of aliphatic hydroxyl groups excluding tert-OH is 1. The molecule has 102 valence electrons. The van der Waals surface area contributed by atoms with Crippen LogP contribution in [0, 0.1) is 0 Å². The van der Waals surface area contributed by atoms with Crippen molar-refractivity contribution in [2.45, 2.75) is 19.4 Å². The predicted octanol–water partition coefficient (Wildman–Crippen LogP) is 2.43. The molecule has 0 radical (unpaired) electrons. The summed E-state index contributed by atoms with van der Waals surface area (Å²) in [7, 11) is 0. The van der Waals surface area contributed by atoms with Gasteiger partial charge in [-0.15, -0.1) is 0 Å². The number of rotatable bonds is 0. The van der Waals surface area contributed by atoms with Crippen LogP contribution >= 0.6 is 0 Å². The molecule has 0 fully saturated rings. The van der Waals surface area contributed by atoms with Gasteiger partial charge in [-0.05, 0) is 32.0 Å². The van der Waals surface area contributed by atoms with E-state index in [9.17, 15) is 14.7 Å². The van der Waals surface area contributed by atoms with Gasteiger partial charge in [-0.2, -0.15) is 0 Å². The third kappa shape index (κ3) is 1.63. The molecule has 1 aliphatic heterocycles. The number of aliphatic hydroxyl groups is 1. The summed E-state index contributed by atoms with van der Waals surface area (Å²) in [6, 6.07) is 6.32. The number of benzene rings is 1. The fourth-order valence-electron chi connectivity index (χ4n) is 2.34. The SMILES string of the molecule is CC1(C)Oc2ccc3ccc(=O)oc3c2/C(=C\O)C1=O. The van der Waals surface area contributed by atoms with Crippen LogP contribution in [0.4, 0.5) is 0 Å². The molecule has 2 heterocycles. The molecule has 5 heteroatoms. The van der Waals surface area contributed by atoms with Crippen molar-refractivity contribution in [3.63, 3.8) is 0 Å². The average Bonchev–Trinajstić information content (AvgIpc) is 2.40. The number of hydrogen-bond acceptors (Lipinski definition) is 5. The topological polar surface area (TPSA) is 76.7 Å². The molecule has 1 N–H and O–H groups in total. The van der Waals surface area contributed by atoms with Gasteiger partial charge in [0.1, 0.15) is 11.3 Å². The van der Waals surface area contributed by atoms with E-state index in [1.807, 2.05) is 0 Å². The molecule has 0 atom stereocenters. The number of fused-ring (bicyclic) bond motifs is 3. The van der Waals surface area contributed by atoms with Gasteiger partial charge in [0.25, 0.3) is 0 Å². The fraction of sp³-hybridized carbons (Fsp3) is 0.200. The minimum Gasteiger partial charge on any atom is -0.515 e. The number of ketones is 1. The zero-order valence-corrected chi connectivity index (χ0v) is 11.0. The highest BCUT2D eigenvalue weighted by atomic mass is 16.5. The summed E-state index contributed by atoms with van der Waals surface area (Å²) in [6.07, 6.45) is 0.734. The second kappa shape index (κ2) is 3.96. The minimum atomic E-state index is -1.08. The molecule has 3 rings (SSSR count). The van der Waals surface area contributed by atoms with E-state index < -0.39 is 11.2 Å². The van der Waals surface area contributed by atoms with E-state index >= 15 is 0 Å². The van der Waals surface area contributed by atoms with Gasteiger partial charge >= 0.3 is 5.63 Å². The quantitative estimate of drug-likeness (QED) is 0.453. The average molecular weight is 272 g/mol. The maximum absolute atomic E-state index is 12.3. The summed E-state index contributed by atoms with van der Waals surface area (Å²) in [6.45, 7) is 3.24. The predicted molar refractivity (Wildman–Crippen MR) is 72.8 cm³/mol. The Balaban J connectivity index is 2.43. The normalized spacial score (nSPS) is 18.9. The number of Topliss-reactive ketones (excluding diaryl/α,β-unsaturated/α-hetero) is 1. The lowest BCUT2D eigenvalue weighted by Crippen LogP contribution is -2.42. The molecule has 1 aromatic heterocycles. The van der Waals surface area contributed by atoms with Gasteiger partial charge in [0.05, 0.1) is 17.4 Å². The summed E-state index contributed by atoms with van der Waals surface area (Å²) in [5, 5.41) is 10.1. The highest BCUT2D eigenvalue weighted by Gasteiger charge is 2.40. The Labute approximate surface area is 114 Å². The number of carbonyl (C=O) groups is 1. The molecule has 1 aromatic carbocycles. The van der Waals surface area contributed by atoms with Crippen molar-refractivity contribution in [1.82, 2.24) is 0 Å². The van der Waals surface area contributed by atoms with Crippen LogP contribution in [0.1, 0.15) is 19.4 Å². The molecular formula is C15H12O5. The largest absolute Gasteiger partial charge is 0.515 e. The van der Waals surface area contributed by atoms with E-state index in [1.165, 1.54) is 6.07 Å². The van der Waals surface area contributed by atoms with Crippen LogP contribution in [0.5, 0.6) is 5.75 Å². The Bertz CT molecular complexity index is 811. The van der Waals surface area contributed by atoms with E-state index in [0.29, 0.717) is 16.7 Å². The van der Waals surface area contributed by atoms with Gasteiger partial charge in [-0.1, -0.05) is 0 Å². The maximum atomic E-state index is 12.3. The highest BCUT2D eigenvalue weighted by molar-refractivity contribution is 6.28. The first-order valence-corrected chi connectivity index (χ1v) is 6.09. The molecule has 0 saturated carbocycles. The van der Waals surface area contributed by atoms with E-state index in [2.05, 4.69) is 0 Å². The van der Waals surface area contributed by atoms with Gasteiger partial charge in [0.15, 0.2) is 5.60 Å². The third-order valence-corrected chi connectivity index (χ3v) is 3.31. The molecule has 0 spiro atoms. The van der Waals surface area contributed by atoms with Crippen LogP contribution in [0.2, 0.25) is 0 Å². The van der Waals surface area contributed by atoms with Crippen molar-refractivity contribution < 1.29 is 19.1 Å². The lowest BCUT2D eigenvalue weighted by Gasteiger charge is -2.32. The van der Waals surface area contributed by atoms with Crippen molar-refractivity contribution in [2.24, 2.45) is 0 Å². The fourth-order valence-corrected chi connectivity index (χ4v) is 2.34. The highest BCUT2D eigenvalue weighted by Crippen LogP contribution is 2.41. The summed E-state index contributed by atoms with van der Waals surface area (Å²) >= 11 is 0. The molecule has 0 amide bonds. The molecule has 0 aliphatic carbocycles. The van der Waals surface area contributed by atoms with Crippen LogP contribution in [0.25, 0.3) is 16.5 Å². The van der Waals surface area contributed by atoms with E-state index in [-0.39, 0.29) is 16.9 Å². The van der Waals surface area contributed by atoms with E-state index in [4.69, 9.17) is 9.15 Å². The lowest BCUT2D eigenvalue weighted by molar-refractivity contribution is -0.126. The van der Waals surface area contributed by atoms with Gasteiger partial charge in [0, 0.05) is 11.5 Å². The van der Waals surface area contributed by atoms with Gasteiger partial charge in [0.2, 0.25) is 5.78 Å². The Morgan fingerprint density at radius 1 is 1.15 bits per heavy atom. The van der Waals surface area contributed by atoms with Crippen molar-refractivity contribution in [1.29, 1.82) is 0 Å². The summed E-state index contributed by atoms with van der Waals surface area (Å²) < 4.78 is 10.8. The monoisotopic (exact) mass is 272 g/mol. The lowest BCUT2D eigenvalue weighted by atomic mass is 9.88. The first kappa shape index (κ1) is 12.5. The van der Waals surface area contributed by atoms with Crippen LogP contribution < -0.4 is 10.4 Å². The van der Waals surface area contributed by atoms with Crippen molar-refractivity contribution in [3.05, 3.63) is 46.5 Å². The number of carbonyl (C=O) groups excluding carboxylic acids is 1. The number of hydrogen-bond donors (Lipinski definition) is 1. The molecule has 0 bridgehead atoms. The Kier molecular flexibility index (Phi) is 2.47. The van der Waals surface area contributed by atoms with Crippen LogP contribution in [0.15, 0.2) is 39.7 Å². The molecular weight excluding hydrogens is 260 g/mol. The van der Waals surface area contributed by atoms with E-state index in [0.717, 1.165) is 6.26 Å². The van der Waals surface area contributed by atoms with Gasteiger partial charge < -0.3 is 14.3 Å². The summed E-state index contributed by atoms with van der Waals surface area (Å²) in [5.41, 5.74) is -0.979. The summed E-state index contributed by atoms with van der Waals surface area (Å²) in [5.74, 6) is 0.0308. The molecule has 0 saturated heterocycles. The Hall–Kier alpha value is -2.56. The molecule has 20 heavy (non-hydrogen) atoms. The van der Waals surface area contributed by atoms with Crippen molar-refractivity contribution in [3.8, 4) is 5.75 Å². The van der Waals surface area contributed by atoms with Crippen LogP contribution in [-0.2, 0) is 4.79 Å². The molecule has 1 aliphatic rings. The van der Waals surface area contributed by atoms with Gasteiger partial charge in [-0.25, -0.2) is 4.79 Å². The number of ether oxygens (including phenoxy) is 1. The zero-order valence-electron chi connectivity index (χ0n) is 11.0. The maximum Gasteiger partial charge on any atom is 0.336 e. The van der Waals surface area contributed by atoms with Crippen molar-refractivity contribution in [2.75, 3.05) is 0 Å². The van der Waals surface area contributed by atoms with Crippen LogP contribution in [0.3, 0.4) is 0 Å². The van der Waals surface area contributed by atoms with Gasteiger partial charge in [-0.3, -0.25) is 4.79 Å². The molecule has 2 aromatic rings. The second-order valence-corrected chi connectivity index (χ2v) is 5.10. The standard InChI is InChI=1S/C15H12O5/c1-15(2)14(18)9(7-16)12-10(20-15)5-3-8-4-6-11(17)19-13(8)12/h3-7,16H,1-2H3/b9-7+. The van der Waals surface area contributed by atoms with E-state index in [1.54, 1.807) is 32.0 Å². The first-order chi connectivity index (χ1) is 9.44. The Morgan fingerprint density at radius 3 is 2.55 bits per heavy atom. The Morgan fingerprint density at radius 2 is 1.85 bits per heavy atom. The smallest absolute Gasteiger partial charge is 0.336 e. The zero-order chi connectivity index (χ0) is 14.5. The van der Waals surface area contributed by atoms with Crippen molar-refractivity contribution >= 4 is 22.3 Å². The third-order valence-electron chi connectivity index (χ3n) is 3.31. The summed E-state index contributed by atoms with van der Waals surface area (Å²) in [4.78, 5) is 23.7. The molecule has 0 unspecified atom stereocenters. The second-order valence-electron chi connectivity index (χ2n) is 5.10. The molecule has 5 nitrogen and oxygen atoms in total.